The van der Waals surface area contributed by atoms with Gasteiger partial charge in [-0.2, -0.15) is 0 Å². The van der Waals surface area contributed by atoms with Crippen LogP contribution in [0.2, 0.25) is 0 Å². The molecule has 0 aliphatic carbocycles. The van der Waals surface area contributed by atoms with Gasteiger partial charge in [0.05, 0.1) is 10.5 Å². The van der Waals surface area contributed by atoms with Gasteiger partial charge in [0.25, 0.3) is 0 Å². The standard InChI is InChI=1S/C12H16BrFN2O/c1-3-4-10(15)12(17)16-11-6-9(14)8(13)5-7(11)2/h5-6,10H,3-4,15H2,1-2H3,(H,16,17). The van der Waals surface area contributed by atoms with Gasteiger partial charge in [0, 0.05) is 5.69 Å². The quantitative estimate of drug-likeness (QED) is 0.898. The number of nitrogens with two attached hydrogens (primary N) is 1. The van der Waals surface area contributed by atoms with E-state index in [2.05, 4.69) is 21.2 Å². The number of carbonyl (C=O) groups is 1. The van der Waals surface area contributed by atoms with Crippen LogP contribution in [0.1, 0.15) is 25.3 Å². The largest absolute Gasteiger partial charge is 0.324 e. The Bertz CT molecular complexity index is 423. The van der Waals surface area contributed by atoms with Crippen molar-refractivity contribution >= 4 is 27.5 Å². The third-order valence-electron chi connectivity index (χ3n) is 2.46. The molecule has 3 nitrogen and oxygen atoms in total. The van der Waals surface area contributed by atoms with Crippen molar-refractivity contribution in [2.75, 3.05) is 5.32 Å². The minimum absolute atomic E-state index is 0.281. The van der Waals surface area contributed by atoms with Crippen molar-refractivity contribution in [2.24, 2.45) is 5.73 Å². The number of hydrogen-bond donors (Lipinski definition) is 2. The first-order valence-electron chi connectivity index (χ1n) is 5.47. The van der Waals surface area contributed by atoms with Crippen LogP contribution in [0.4, 0.5) is 10.1 Å². The minimum Gasteiger partial charge on any atom is -0.324 e. The SMILES string of the molecule is CCCC(N)C(=O)Nc1cc(F)c(Br)cc1C. The van der Waals surface area contributed by atoms with Crippen molar-refractivity contribution in [2.45, 2.75) is 32.7 Å². The maximum Gasteiger partial charge on any atom is 0.241 e. The smallest absolute Gasteiger partial charge is 0.241 e. The van der Waals surface area contributed by atoms with E-state index in [1.807, 2.05) is 6.92 Å². The number of halogens is 2. The van der Waals surface area contributed by atoms with Crippen molar-refractivity contribution in [3.05, 3.63) is 28.0 Å². The van der Waals surface area contributed by atoms with Crippen LogP contribution in [0.3, 0.4) is 0 Å². The van der Waals surface area contributed by atoms with Crippen molar-refractivity contribution < 1.29 is 9.18 Å². The Morgan fingerprint density at radius 1 is 1.59 bits per heavy atom. The molecule has 0 spiro atoms. The van der Waals surface area contributed by atoms with E-state index in [4.69, 9.17) is 5.73 Å². The highest BCUT2D eigenvalue weighted by atomic mass is 79.9. The molecule has 3 N–H and O–H groups in total. The Morgan fingerprint density at radius 2 is 2.24 bits per heavy atom. The monoisotopic (exact) mass is 302 g/mol. The van der Waals surface area contributed by atoms with E-state index in [0.29, 0.717) is 16.6 Å². The molecule has 0 fully saturated rings. The topological polar surface area (TPSA) is 55.1 Å². The van der Waals surface area contributed by atoms with Crippen LogP contribution >= 0.6 is 15.9 Å². The van der Waals surface area contributed by atoms with Crippen molar-refractivity contribution in [1.82, 2.24) is 0 Å². The zero-order valence-corrected chi connectivity index (χ0v) is 11.5. The molecular weight excluding hydrogens is 287 g/mol. The summed E-state index contributed by atoms with van der Waals surface area (Å²) in [4.78, 5) is 11.7. The lowest BCUT2D eigenvalue weighted by atomic mass is 10.1. The van der Waals surface area contributed by atoms with Gasteiger partial charge in [-0.05, 0) is 47.0 Å². The van der Waals surface area contributed by atoms with Gasteiger partial charge in [0.2, 0.25) is 5.91 Å². The summed E-state index contributed by atoms with van der Waals surface area (Å²) in [6, 6.07) is 2.36. The number of nitrogens with one attached hydrogen (secondary N) is 1. The molecule has 0 heterocycles. The van der Waals surface area contributed by atoms with Gasteiger partial charge in [-0.25, -0.2) is 4.39 Å². The fourth-order valence-corrected chi connectivity index (χ4v) is 1.91. The first-order valence-corrected chi connectivity index (χ1v) is 6.27. The molecule has 1 rings (SSSR count). The van der Waals surface area contributed by atoms with E-state index in [0.717, 1.165) is 12.0 Å². The number of benzene rings is 1. The fourth-order valence-electron chi connectivity index (χ4n) is 1.45. The third-order valence-corrected chi connectivity index (χ3v) is 3.07. The van der Waals surface area contributed by atoms with E-state index in [9.17, 15) is 9.18 Å². The lowest BCUT2D eigenvalue weighted by Gasteiger charge is -2.13. The summed E-state index contributed by atoms with van der Waals surface area (Å²) in [6.45, 7) is 3.75. The predicted octanol–water partition coefficient (Wildman–Crippen LogP) is 2.96. The second-order valence-electron chi connectivity index (χ2n) is 3.97. The Labute approximate surface area is 109 Å². The summed E-state index contributed by atoms with van der Waals surface area (Å²) in [5.41, 5.74) is 6.93. The van der Waals surface area contributed by atoms with Gasteiger partial charge in [-0.1, -0.05) is 13.3 Å². The third kappa shape index (κ3) is 3.78. The summed E-state index contributed by atoms with van der Waals surface area (Å²) in [5, 5.41) is 2.64. The maximum absolute atomic E-state index is 13.3. The first kappa shape index (κ1) is 14.1. The van der Waals surface area contributed by atoms with Gasteiger partial charge in [0.1, 0.15) is 5.82 Å². The summed E-state index contributed by atoms with van der Waals surface area (Å²) in [6.07, 6.45) is 1.45. The summed E-state index contributed by atoms with van der Waals surface area (Å²) in [5.74, 6) is -0.688. The molecule has 17 heavy (non-hydrogen) atoms. The molecule has 0 aliphatic heterocycles. The zero-order valence-electron chi connectivity index (χ0n) is 9.89. The number of rotatable bonds is 4. The van der Waals surface area contributed by atoms with Crippen molar-refractivity contribution in [3.8, 4) is 0 Å². The van der Waals surface area contributed by atoms with Gasteiger partial charge in [-0.15, -0.1) is 0 Å². The van der Waals surface area contributed by atoms with Gasteiger partial charge in [0.15, 0.2) is 0 Å². The molecule has 1 aromatic carbocycles. The summed E-state index contributed by atoms with van der Waals surface area (Å²) < 4.78 is 13.7. The average Bonchev–Trinajstić information content (AvgIpc) is 2.26. The normalized spacial score (nSPS) is 12.3. The molecule has 5 heteroatoms. The highest BCUT2D eigenvalue weighted by Gasteiger charge is 2.14. The van der Waals surface area contributed by atoms with E-state index >= 15 is 0 Å². The lowest BCUT2D eigenvalue weighted by molar-refractivity contribution is -0.117. The highest BCUT2D eigenvalue weighted by molar-refractivity contribution is 9.10. The number of carbonyl (C=O) groups excluding carboxylic acids is 1. The van der Waals surface area contributed by atoms with Gasteiger partial charge in [-0.3, -0.25) is 4.79 Å². The number of amides is 1. The minimum atomic E-state index is -0.550. The zero-order chi connectivity index (χ0) is 13.0. The number of aryl methyl sites for hydroxylation is 1. The molecule has 0 aromatic heterocycles. The molecule has 1 amide bonds. The van der Waals surface area contributed by atoms with Crippen LogP contribution in [-0.4, -0.2) is 11.9 Å². The molecule has 0 saturated heterocycles. The molecular formula is C12H16BrFN2O. The van der Waals surface area contributed by atoms with Gasteiger partial charge >= 0.3 is 0 Å². The molecule has 1 atom stereocenters. The van der Waals surface area contributed by atoms with Crippen LogP contribution in [0.5, 0.6) is 0 Å². The summed E-state index contributed by atoms with van der Waals surface area (Å²) >= 11 is 3.09. The molecule has 1 unspecified atom stereocenters. The van der Waals surface area contributed by atoms with Gasteiger partial charge < -0.3 is 11.1 Å². The van der Waals surface area contributed by atoms with E-state index in [1.165, 1.54) is 6.07 Å². The van der Waals surface area contributed by atoms with Crippen LogP contribution in [0.25, 0.3) is 0 Å². The molecule has 0 bridgehead atoms. The van der Waals surface area contributed by atoms with Crippen molar-refractivity contribution in [1.29, 1.82) is 0 Å². The maximum atomic E-state index is 13.3. The number of anilines is 1. The molecule has 0 radical (unpaired) electrons. The van der Waals surface area contributed by atoms with Crippen molar-refractivity contribution in [3.63, 3.8) is 0 Å². The Morgan fingerprint density at radius 3 is 2.82 bits per heavy atom. The second-order valence-corrected chi connectivity index (χ2v) is 4.82. The lowest BCUT2D eigenvalue weighted by Crippen LogP contribution is -2.35. The van der Waals surface area contributed by atoms with Crippen LogP contribution in [-0.2, 0) is 4.79 Å². The molecule has 94 valence electrons. The van der Waals surface area contributed by atoms with E-state index in [1.54, 1.807) is 13.0 Å². The molecule has 0 saturated carbocycles. The second kappa shape index (κ2) is 6.12. The predicted molar refractivity (Wildman–Crippen MR) is 70.4 cm³/mol. The van der Waals surface area contributed by atoms with Crippen LogP contribution in [0.15, 0.2) is 16.6 Å². The Kier molecular flexibility index (Phi) is 5.08. The molecule has 0 aliphatic rings. The average molecular weight is 303 g/mol. The first-order chi connectivity index (χ1) is 7.95. The Hall–Kier alpha value is -0.940. The van der Waals surface area contributed by atoms with Crippen LogP contribution in [0, 0.1) is 12.7 Å². The number of hydrogen-bond acceptors (Lipinski definition) is 2. The summed E-state index contributed by atoms with van der Waals surface area (Å²) in [7, 11) is 0. The fraction of sp³-hybridized carbons (Fsp3) is 0.417. The molecule has 1 aromatic rings. The van der Waals surface area contributed by atoms with E-state index in [-0.39, 0.29) is 5.91 Å². The highest BCUT2D eigenvalue weighted by Crippen LogP contribution is 2.24. The van der Waals surface area contributed by atoms with E-state index < -0.39 is 11.9 Å². The van der Waals surface area contributed by atoms with Crippen LogP contribution < -0.4 is 11.1 Å². The Balaban J connectivity index is 2.81.